The number of fused-ring (bicyclic) bond motifs is 1. The number of hydrogen-bond donors (Lipinski definition) is 0. The standard InChI is InChI=1S/C17H15BrN2O/c1-12-4-2-3-5-13(12)6-7-17-19-15(11-21)16-10-14(18)8-9-20(16)17/h2-5,8-11H,6-7H2,1H3. The van der Waals surface area contributed by atoms with Crippen LogP contribution < -0.4 is 0 Å². The van der Waals surface area contributed by atoms with Gasteiger partial charge in [-0.15, -0.1) is 0 Å². The third-order valence-corrected chi connectivity index (χ3v) is 4.19. The van der Waals surface area contributed by atoms with Gasteiger partial charge in [0.25, 0.3) is 0 Å². The van der Waals surface area contributed by atoms with Gasteiger partial charge in [-0.1, -0.05) is 40.2 Å². The molecule has 2 heterocycles. The summed E-state index contributed by atoms with van der Waals surface area (Å²) in [5, 5.41) is 0. The van der Waals surface area contributed by atoms with Crippen LogP contribution in [0.15, 0.2) is 47.1 Å². The zero-order valence-corrected chi connectivity index (χ0v) is 13.3. The fourth-order valence-corrected chi connectivity index (χ4v) is 2.88. The second-order valence-electron chi connectivity index (χ2n) is 5.06. The van der Waals surface area contributed by atoms with Crippen molar-refractivity contribution in [3.63, 3.8) is 0 Å². The van der Waals surface area contributed by atoms with Crippen LogP contribution >= 0.6 is 15.9 Å². The summed E-state index contributed by atoms with van der Waals surface area (Å²) >= 11 is 3.43. The maximum absolute atomic E-state index is 11.2. The van der Waals surface area contributed by atoms with E-state index < -0.39 is 0 Å². The number of aryl methyl sites for hydroxylation is 3. The SMILES string of the molecule is Cc1ccccc1CCc1nc(C=O)c2cc(Br)ccn12. The van der Waals surface area contributed by atoms with E-state index in [0.717, 1.165) is 34.9 Å². The molecule has 0 radical (unpaired) electrons. The summed E-state index contributed by atoms with van der Waals surface area (Å²) in [6, 6.07) is 12.2. The Hall–Kier alpha value is -1.94. The van der Waals surface area contributed by atoms with Gasteiger partial charge in [-0.05, 0) is 36.6 Å². The molecule has 0 spiro atoms. The summed E-state index contributed by atoms with van der Waals surface area (Å²) in [4.78, 5) is 15.7. The lowest BCUT2D eigenvalue weighted by Crippen LogP contribution is -1.99. The summed E-state index contributed by atoms with van der Waals surface area (Å²) in [6.07, 6.45) is 4.49. The number of carbonyl (C=O) groups is 1. The second kappa shape index (κ2) is 5.82. The molecule has 0 atom stereocenters. The molecule has 0 aliphatic carbocycles. The van der Waals surface area contributed by atoms with Gasteiger partial charge in [0.15, 0.2) is 6.29 Å². The number of rotatable bonds is 4. The van der Waals surface area contributed by atoms with Crippen molar-refractivity contribution in [1.29, 1.82) is 0 Å². The van der Waals surface area contributed by atoms with Crippen LogP contribution in [-0.2, 0) is 12.8 Å². The van der Waals surface area contributed by atoms with Crippen molar-refractivity contribution >= 4 is 27.7 Å². The zero-order valence-electron chi connectivity index (χ0n) is 11.7. The van der Waals surface area contributed by atoms with Crippen molar-refractivity contribution in [2.45, 2.75) is 19.8 Å². The van der Waals surface area contributed by atoms with Crippen molar-refractivity contribution in [3.05, 3.63) is 69.7 Å². The number of aldehydes is 1. The average molecular weight is 343 g/mol. The lowest BCUT2D eigenvalue weighted by molar-refractivity contribution is 0.112. The first kappa shape index (κ1) is 14.0. The summed E-state index contributed by atoms with van der Waals surface area (Å²) in [5.41, 5.74) is 3.95. The number of carbonyl (C=O) groups excluding carboxylic acids is 1. The first-order chi connectivity index (χ1) is 10.2. The monoisotopic (exact) mass is 342 g/mol. The Bertz CT molecular complexity index is 808. The molecule has 0 saturated heterocycles. The number of benzene rings is 1. The normalized spacial score (nSPS) is 11.0. The molecule has 3 nitrogen and oxygen atoms in total. The van der Waals surface area contributed by atoms with Crippen molar-refractivity contribution in [3.8, 4) is 0 Å². The fraction of sp³-hybridized carbons (Fsp3) is 0.176. The maximum atomic E-state index is 11.2. The van der Waals surface area contributed by atoms with E-state index in [1.165, 1.54) is 11.1 Å². The van der Waals surface area contributed by atoms with Crippen LogP contribution in [-0.4, -0.2) is 15.7 Å². The predicted octanol–water partition coefficient (Wildman–Crippen LogP) is 4.00. The molecule has 106 valence electrons. The van der Waals surface area contributed by atoms with Gasteiger partial charge in [0, 0.05) is 17.1 Å². The quantitative estimate of drug-likeness (QED) is 0.671. The zero-order chi connectivity index (χ0) is 14.8. The Morgan fingerprint density at radius 3 is 2.81 bits per heavy atom. The van der Waals surface area contributed by atoms with Gasteiger partial charge in [-0.2, -0.15) is 0 Å². The van der Waals surface area contributed by atoms with Crippen molar-refractivity contribution in [2.24, 2.45) is 0 Å². The summed E-state index contributed by atoms with van der Waals surface area (Å²) in [5.74, 6) is 0.919. The molecule has 0 N–H and O–H groups in total. The first-order valence-electron chi connectivity index (χ1n) is 6.85. The van der Waals surface area contributed by atoms with E-state index in [1.807, 2.05) is 28.8 Å². The molecule has 21 heavy (non-hydrogen) atoms. The van der Waals surface area contributed by atoms with E-state index >= 15 is 0 Å². The molecular formula is C17H15BrN2O. The van der Waals surface area contributed by atoms with Gasteiger partial charge in [0.1, 0.15) is 11.5 Å². The summed E-state index contributed by atoms with van der Waals surface area (Å²) in [7, 11) is 0. The van der Waals surface area contributed by atoms with Gasteiger partial charge >= 0.3 is 0 Å². The molecule has 0 aliphatic rings. The van der Waals surface area contributed by atoms with Crippen molar-refractivity contribution < 1.29 is 4.79 Å². The van der Waals surface area contributed by atoms with Crippen LogP contribution in [0.4, 0.5) is 0 Å². The van der Waals surface area contributed by atoms with E-state index in [-0.39, 0.29) is 0 Å². The molecule has 0 amide bonds. The molecule has 3 rings (SSSR count). The van der Waals surface area contributed by atoms with Crippen LogP contribution in [0.5, 0.6) is 0 Å². The lowest BCUT2D eigenvalue weighted by Gasteiger charge is -2.05. The Morgan fingerprint density at radius 1 is 1.24 bits per heavy atom. The molecule has 0 saturated carbocycles. The van der Waals surface area contributed by atoms with Crippen LogP contribution in [0.25, 0.3) is 5.52 Å². The minimum absolute atomic E-state index is 0.496. The predicted molar refractivity (Wildman–Crippen MR) is 86.9 cm³/mol. The Kier molecular flexibility index (Phi) is 3.88. The van der Waals surface area contributed by atoms with E-state index in [4.69, 9.17) is 0 Å². The highest BCUT2D eigenvalue weighted by molar-refractivity contribution is 9.10. The smallest absolute Gasteiger partial charge is 0.170 e. The highest BCUT2D eigenvalue weighted by Gasteiger charge is 2.11. The number of pyridine rings is 1. The average Bonchev–Trinajstić information content (AvgIpc) is 2.83. The second-order valence-corrected chi connectivity index (χ2v) is 5.97. The van der Waals surface area contributed by atoms with Gasteiger partial charge < -0.3 is 4.40 Å². The van der Waals surface area contributed by atoms with E-state index in [1.54, 1.807) is 0 Å². The number of aromatic nitrogens is 2. The molecule has 1 aromatic carbocycles. The Morgan fingerprint density at radius 2 is 2.05 bits per heavy atom. The molecular weight excluding hydrogens is 328 g/mol. The van der Waals surface area contributed by atoms with Gasteiger partial charge in [0.05, 0.1) is 5.52 Å². The summed E-state index contributed by atoms with van der Waals surface area (Å²) < 4.78 is 2.94. The molecule has 0 bridgehead atoms. The number of hydrogen-bond acceptors (Lipinski definition) is 2. The minimum Gasteiger partial charge on any atom is -0.303 e. The summed E-state index contributed by atoms with van der Waals surface area (Å²) in [6.45, 7) is 2.12. The van der Waals surface area contributed by atoms with E-state index in [2.05, 4.69) is 46.0 Å². The largest absolute Gasteiger partial charge is 0.303 e. The van der Waals surface area contributed by atoms with Crippen LogP contribution in [0, 0.1) is 6.92 Å². The number of halogens is 1. The molecule has 0 unspecified atom stereocenters. The third-order valence-electron chi connectivity index (χ3n) is 3.70. The van der Waals surface area contributed by atoms with Crippen LogP contribution in [0.1, 0.15) is 27.4 Å². The fourth-order valence-electron chi connectivity index (χ4n) is 2.55. The minimum atomic E-state index is 0.496. The first-order valence-corrected chi connectivity index (χ1v) is 7.64. The topological polar surface area (TPSA) is 34.4 Å². The Balaban J connectivity index is 1.94. The van der Waals surface area contributed by atoms with Gasteiger partial charge in [-0.3, -0.25) is 4.79 Å². The highest BCUT2D eigenvalue weighted by Crippen LogP contribution is 2.19. The van der Waals surface area contributed by atoms with E-state index in [9.17, 15) is 4.79 Å². The number of nitrogens with zero attached hydrogens (tertiary/aromatic N) is 2. The molecule has 0 fully saturated rings. The maximum Gasteiger partial charge on any atom is 0.170 e. The number of imidazole rings is 1. The van der Waals surface area contributed by atoms with Crippen molar-refractivity contribution in [2.75, 3.05) is 0 Å². The van der Waals surface area contributed by atoms with Gasteiger partial charge in [0.2, 0.25) is 0 Å². The third kappa shape index (κ3) is 2.76. The molecule has 0 aliphatic heterocycles. The van der Waals surface area contributed by atoms with Crippen LogP contribution in [0.2, 0.25) is 0 Å². The molecule has 2 aromatic heterocycles. The van der Waals surface area contributed by atoms with E-state index in [0.29, 0.717) is 5.69 Å². The highest BCUT2D eigenvalue weighted by atomic mass is 79.9. The Labute approximate surface area is 131 Å². The van der Waals surface area contributed by atoms with Crippen LogP contribution in [0.3, 0.4) is 0 Å². The molecule has 3 aromatic rings. The molecule has 4 heteroatoms. The lowest BCUT2D eigenvalue weighted by atomic mass is 10.0. The van der Waals surface area contributed by atoms with Gasteiger partial charge in [-0.25, -0.2) is 4.98 Å². The van der Waals surface area contributed by atoms with Crippen molar-refractivity contribution in [1.82, 2.24) is 9.38 Å².